The van der Waals surface area contributed by atoms with Crippen molar-refractivity contribution in [3.8, 4) is 0 Å². The van der Waals surface area contributed by atoms with Crippen molar-refractivity contribution < 1.29 is 0 Å². The Labute approximate surface area is 125 Å². The van der Waals surface area contributed by atoms with Crippen LogP contribution in [-0.4, -0.2) is 27.0 Å². The summed E-state index contributed by atoms with van der Waals surface area (Å²) >= 11 is 0. The van der Waals surface area contributed by atoms with Crippen LogP contribution in [0.1, 0.15) is 37.2 Å². The molecule has 0 spiro atoms. The Morgan fingerprint density at radius 1 is 1.29 bits per heavy atom. The second kappa shape index (κ2) is 5.60. The summed E-state index contributed by atoms with van der Waals surface area (Å²) in [4.78, 5) is 10.9. The van der Waals surface area contributed by atoms with Crippen LogP contribution in [0.25, 0.3) is 0 Å². The summed E-state index contributed by atoms with van der Waals surface area (Å²) in [7, 11) is 0. The van der Waals surface area contributed by atoms with Crippen LogP contribution in [0.15, 0.2) is 47.8 Å². The van der Waals surface area contributed by atoms with E-state index in [-0.39, 0.29) is 6.04 Å². The average Bonchev–Trinajstić information content (AvgIpc) is 3.08. The molecule has 1 aliphatic rings. The monoisotopic (exact) mass is 283 g/mol. The van der Waals surface area contributed by atoms with Gasteiger partial charge in [0, 0.05) is 12.6 Å². The lowest BCUT2D eigenvalue weighted by molar-refractivity contribution is 0.322. The second-order valence-electron chi connectivity index (χ2n) is 5.65. The summed E-state index contributed by atoms with van der Waals surface area (Å²) < 4.78 is 2.19. The van der Waals surface area contributed by atoms with E-state index in [0.717, 1.165) is 6.54 Å². The van der Waals surface area contributed by atoms with E-state index in [0.29, 0.717) is 18.5 Å². The average molecular weight is 283 g/mol. The highest BCUT2D eigenvalue weighted by Gasteiger charge is 2.30. The molecule has 2 heterocycles. The summed E-state index contributed by atoms with van der Waals surface area (Å²) in [5, 5.41) is 0. The van der Waals surface area contributed by atoms with Gasteiger partial charge in [0.2, 0.25) is 0 Å². The van der Waals surface area contributed by atoms with Gasteiger partial charge in [0.05, 0.1) is 30.8 Å². The Morgan fingerprint density at radius 2 is 2.05 bits per heavy atom. The van der Waals surface area contributed by atoms with E-state index < -0.39 is 0 Å². The van der Waals surface area contributed by atoms with Crippen LogP contribution >= 0.6 is 0 Å². The van der Waals surface area contributed by atoms with E-state index in [9.17, 15) is 0 Å². The van der Waals surface area contributed by atoms with E-state index in [1.165, 1.54) is 11.3 Å². The highest BCUT2D eigenvalue weighted by molar-refractivity contribution is 5.80. The molecule has 1 aromatic heterocycles. The molecule has 0 amide bonds. The van der Waals surface area contributed by atoms with Crippen molar-refractivity contribution in [3.63, 3.8) is 0 Å². The summed E-state index contributed by atoms with van der Waals surface area (Å²) in [6.45, 7) is 5.78. The number of benzene rings is 1. The molecule has 21 heavy (non-hydrogen) atoms. The standard InChI is InChI=1S/C16H21N5/c1-12(2)21-11-18-8-14(21)15-9-19-16(17)20(15)10-13-6-4-3-5-7-13/h3-8,11-12,15H,9-10H2,1-2H3,(H2,17,19). The fourth-order valence-corrected chi connectivity index (χ4v) is 2.76. The molecular weight excluding hydrogens is 262 g/mol. The first-order valence-corrected chi connectivity index (χ1v) is 7.29. The van der Waals surface area contributed by atoms with E-state index >= 15 is 0 Å². The predicted molar refractivity (Wildman–Crippen MR) is 83.8 cm³/mol. The van der Waals surface area contributed by atoms with Gasteiger partial charge in [0.1, 0.15) is 0 Å². The van der Waals surface area contributed by atoms with E-state index in [1.807, 2.05) is 30.7 Å². The van der Waals surface area contributed by atoms with Crippen molar-refractivity contribution in [2.24, 2.45) is 10.7 Å². The maximum Gasteiger partial charge on any atom is 0.192 e. The van der Waals surface area contributed by atoms with Crippen LogP contribution in [0.3, 0.4) is 0 Å². The van der Waals surface area contributed by atoms with Gasteiger partial charge in [-0.05, 0) is 19.4 Å². The highest BCUT2D eigenvalue weighted by atomic mass is 15.3. The molecule has 2 N–H and O–H groups in total. The Hall–Kier alpha value is -2.30. The molecule has 0 saturated heterocycles. The molecular formula is C16H21N5. The second-order valence-corrected chi connectivity index (χ2v) is 5.65. The van der Waals surface area contributed by atoms with Gasteiger partial charge in [0.15, 0.2) is 5.96 Å². The van der Waals surface area contributed by atoms with Crippen LogP contribution in [-0.2, 0) is 6.54 Å². The van der Waals surface area contributed by atoms with Gasteiger partial charge >= 0.3 is 0 Å². The number of aromatic nitrogens is 2. The maximum absolute atomic E-state index is 6.10. The van der Waals surface area contributed by atoms with Crippen LogP contribution in [0.5, 0.6) is 0 Å². The fraction of sp³-hybridized carbons (Fsp3) is 0.375. The summed E-state index contributed by atoms with van der Waals surface area (Å²) in [5.41, 5.74) is 8.50. The lowest BCUT2D eigenvalue weighted by Gasteiger charge is -2.27. The number of guanidine groups is 1. The first kappa shape index (κ1) is 13.7. The Morgan fingerprint density at radius 3 is 2.76 bits per heavy atom. The highest BCUT2D eigenvalue weighted by Crippen LogP contribution is 2.28. The van der Waals surface area contributed by atoms with Crippen LogP contribution in [0.2, 0.25) is 0 Å². The largest absolute Gasteiger partial charge is 0.370 e. The SMILES string of the molecule is CC(C)n1cncc1C1CN=C(N)N1Cc1ccccc1. The van der Waals surface area contributed by atoms with Crippen molar-refractivity contribution in [1.82, 2.24) is 14.5 Å². The fourth-order valence-electron chi connectivity index (χ4n) is 2.76. The summed E-state index contributed by atoms with van der Waals surface area (Å²) in [5.74, 6) is 0.611. The van der Waals surface area contributed by atoms with Crippen molar-refractivity contribution in [2.75, 3.05) is 6.54 Å². The van der Waals surface area contributed by atoms with Gasteiger partial charge in [-0.25, -0.2) is 4.98 Å². The molecule has 0 fully saturated rings. The molecule has 0 aliphatic carbocycles. The first-order valence-electron chi connectivity index (χ1n) is 7.29. The molecule has 5 nitrogen and oxygen atoms in total. The minimum atomic E-state index is 0.162. The minimum absolute atomic E-state index is 0.162. The zero-order chi connectivity index (χ0) is 14.8. The zero-order valence-corrected chi connectivity index (χ0v) is 12.5. The van der Waals surface area contributed by atoms with Crippen molar-refractivity contribution in [3.05, 3.63) is 54.1 Å². The van der Waals surface area contributed by atoms with Crippen LogP contribution in [0.4, 0.5) is 0 Å². The Bertz CT molecular complexity index is 629. The van der Waals surface area contributed by atoms with Crippen LogP contribution in [0, 0.1) is 0 Å². The molecule has 110 valence electrons. The molecule has 1 unspecified atom stereocenters. The topological polar surface area (TPSA) is 59.4 Å². The number of aliphatic imine (C=N–C) groups is 1. The third-order valence-corrected chi connectivity index (χ3v) is 3.89. The summed E-state index contributed by atoms with van der Waals surface area (Å²) in [6, 6.07) is 10.9. The van der Waals surface area contributed by atoms with Crippen molar-refractivity contribution >= 4 is 5.96 Å². The lowest BCUT2D eigenvalue weighted by atomic mass is 10.1. The number of hydrogen-bond acceptors (Lipinski definition) is 4. The van der Waals surface area contributed by atoms with Crippen LogP contribution < -0.4 is 5.73 Å². The maximum atomic E-state index is 6.10. The van der Waals surface area contributed by atoms with Crippen molar-refractivity contribution in [2.45, 2.75) is 32.5 Å². The smallest absolute Gasteiger partial charge is 0.192 e. The normalized spacial score (nSPS) is 18.3. The molecule has 1 aromatic carbocycles. The van der Waals surface area contributed by atoms with Gasteiger partial charge < -0.3 is 15.2 Å². The number of nitrogens with zero attached hydrogens (tertiary/aromatic N) is 4. The van der Waals surface area contributed by atoms with E-state index in [2.05, 4.69) is 45.4 Å². The summed E-state index contributed by atoms with van der Waals surface area (Å²) in [6.07, 6.45) is 3.81. The molecule has 5 heteroatoms. The Balaban J connectivity index is 1.87. The minimum Gasteiger partial charge on any atom is -0.370 e. The third-order valence-electron chi connectivity index (χ3n) is 3.89. The number of hydrogen-bond donors (Lipinski definition) is 1. The third kappa shape index (κ3) is 2.63. The van der Waals surface area contributed by atoms with Gasteiger partial charge in [-0.1, -0.05) is 30.3 Å². The Kier molecular flexibility index (Phi) is 3.64. The first-order chi connectivity index (χ1) is 10.2. The quantitative estimate of drug-likeness (QED) is 0.937. The van der Waals surface area contributed by atoms with Gasteiger partial charge in [-0.2, -0.15) is 0 Å². The molecule has 1 aliphatic heterocycles. The number of imidazole rings is 1. The van der Waals surface area contributed by atoms with Crippen molar-refractivity contribution in [1.29, 1.82) is 0 Å². The molecule has 0 saturated carbocycles. The molecule has 1 atom stereocenters. The van der Waals surface area contributed by atoms with Gasteiger partial charge in [-0.3, -0.25) is 4.99 Å². The lowest BCUT2D eigenvalue weighted by Crippen LogP contribution is -2.36. The van der Waals surface area contributed by atoms with E-state index in [1.54, 1.807) is 0 Å². The molecule has 2 aromatic rings. The zero-order valence-electron chi connectivity index (χ0n) is 12.5. The number of nitrogens with two attached hydrogens (primary N) is 1. The predicted octanol–water partition coefficient (Wildman–Crippen LogP) is 2.34. The molecule has 3 rings (SSSR count). The molecule has 0 radical (unpaired) electrons. The van der Waals surface area contributed by atoms with Gasteiger partial charge in [-0.15, -0.1) is 0 Å². The van der Waals surface area contributed by atoms with Gasteiger partial charge in [0.25, 0.3) is 0 Å². The molecule has 0 bridgehead atoms. The van der Waals surface area contributed by atoms with E-state index in [4.69, 9.17) is 5.73 Å². The number of rotatable bonds is 4.